The summed E-state index contributed by atoms with van der Waals surface area (Å²) >= 11 is 1.44. The molecule has 0 N–H and O–H groups in total. The molecular formula is C67H61N3O13S. The average Bonchev–Trinajstić information content (AvgIpc) is 4.05. The van der Waals surface area contributed by atoms with E-state index >= 15 is 0 Å². The minimum Gasteiger partial charge on any atom is -0.459 e. The summed E-state index contributed by atoms with van der Waals surface area (Å²) in [5, 5.41) is 8.12. The van der Waals surface area contributed by atoms with Crippen LogP contribution >= 0.6 is 11.8 Å². The first-order valence-electron chi connectivity index (χ1n) is 27.9. The molecule has 3 aliphatic heterocycles. The fourth-order valence-corrected chi connectivity index (χ4v) is 11.6. The molecule has 3 saturated heterocycles. The zero-order valence-electron chi connectivity index (χ0n) is 45.6. The fourth-order valence-electron chi connectivity index (χ4n) is 10.4. The van der Waals surface area contributed by atoms with Crippen LogP contribution < -0.4 is 4.84 Å². The van der Waals surface area contributed by atoms with Gasteiger partial charge in [0.1, 0.15) is 71.9 Å². The monoisotopic (exact) mass is 1150 g/mol. The third-order valence-electron chi connectivity index (χ3n) is 14.6. The zero-order chi connectivity index (χ0) is 56.9. The van der Waals surface area contributed by atoms with Crippen molar-refractivity contribution in [2.45, 2.75) is 98.2 Å². The molecule has 0 amide bonds. The molecule has 16 nitrogen and oxygen atoms in total. The molecule has 84 heavy (non-hydrogen) atoms. The second-order valence-corrected chi connectivity index (χ2v) is 21.5. The Labute approximate surface area is 490 Å². The highest BCUT2D eigenvalue weighted by atomic mass is 32.2. The highest BCUT2D eigenvalue weighted by Crippen LogP contribution is 2.42. The molecule has 0 aliphatic carbocycles. The minimum atomic E-state index is -1.22. The van der Waals surface area contributed by atoms with Gasteiger partial charge < -0.3 is 52.2 Å². The van der Waals surface area contributed by atoms with Crippen LogP contribution in [-0.4, -0.2) is 101 Å². The normalized spacial score (nSPS) is 24.0. The van der Waals surface area contributed by atoms with E-state index in [4.69, 9.17) is 52.2 Å². The number of hydrogen-bond acceptors (Lipinski definition) is 16. The summed E-state index contributed by atoms with van der Waals surface area (Å²) in [4.78, 5) is 36.3. The van der Waals surface area contributed by atoms with Gasteiger partial charge >= 0.3 is 11.9 Å². The van der Waals surface area contributed by atoms with E-state index in [1.807, 2.05) is 182 Å². The molecular weight excluding hydrogens is 1090 g/mol. The summed E-state index contributed by atoms with van der Waals surface area (Å²) in [5.74, 6) is -1.69. The van der Waals surface area contributed by atoms with E-state index in [0.29, 0.717) is 11.0 Å². The van der Waals surface area contributed by atoms with Gasteiger partial charge in [0.15, 0.2) is 12.6 Å². The molecule has 428 valence electrons. The van der Waals surface area contributed by atoms with Crippen molar-refractivity contribution in [1.82, 2.24) is 15.2 Å². The van der Waals surface area contributed by atoms with Gasteiger partial charge in [0.05, 0.1) is 44.2 Å². The van der Waals surface area contributed by atoms with E-state index in [1.54, 1.807) is 36.4 Å². The van der Waals surface area contributed by atoms with Gasteiger partial charge in [-0.1, -0.05) is 211 Å². The number of aromatic nitrogens is 3. The van der Waals surface area contributed by atoms with Crippen LogP contribution in [0.15, 0.2) is 235 Å². The third kappa shape index (κ3) is 13.8. The molecule has 12 rings (SSSR count). The fraction of sp³-hybridized carbons (Fsp3) is 0.254. The van der Waals surface area contributed by atoms with Gasteiger partial charge in [-0.15, -0.1) is 5.10 Å². The van der Waals surface area contributed by atoms with E-state index in [-0.39, 0.29) is 44.2 Å². The number of benzene rings is 8. The summed E-state index contributed by atoms with van der Waals surface area (Å²) in [7, 11) is 0. The van der Waals surface area contributed by atoms with Crippen molar-refractivity contribution in [3.63, 3.8) is 0 Å². The van der Waals surface area contributed by atoms with Crippen LogP contribution in [0.25, 0.3) is 11.0 Å². The second-order valence-electron chi connectivity index (χ2n) is 20.3. The Morgan fingerprint density at radius 3 is 1.61 bits per heavy atom. The number of rotatable bonds is 22. The van der Waals surface area contributed by atoms with Crippen LogP contribution in [-0.2, 0) is 73.8 Å². The Morgan fingerprint density at radius 1 is 0.500 bits per heavy atom. The average molecular weight is 1150 g/mol. The van der Waals surface area contributed by atoms with Crippen molar-refractivity contribution in [2.24, 2.45) is 0 Å². The topological polar surface area (TPSA) is 166 Å². The molecule has 0 radical (unpaired) electrons. The molecule has 8 aromatic carbocycles. The minimum absolute atomic E-state index is 0.0584. The maximum atomic E-state index is 14.7. The van der Waals surface area contributed by atoms with Crippen molar-refractivity contribution < 1.29 is 61.8 Å². The lowest BCUT2D eigenvalue weighted by Gasteiger charge is -2.51. The second kappa shape index (κ2) is 27.7. The molecule has 0 spiro atoms. The highest BCUT2D eigenvalue weighted by Gasteiger charge is 2.56. The molecule has 3 aliphatic rings. The first kappa shape index (κ1) is 56.6. The van der Waals surface area contributed by atoms with Crippen molar-refractivity contribution in [1.29, 1.82) is 0 Å². The number of para-hydroxylation sites is 1. The summed E-state index contributed by atoms with van der Waals surface area (Å²) in [5.41, 5.74) is 4.56. The largest absolute Gasteiger partial charge is 0.459 e. The SMILES string of the molecule is O=C(OC[C@H]1O[C@@H](Sc2ccccc2)[C@H](OCc2ccccc2)[C@@H](OCc2ccccc2)[C@@H]1O[C@H]1O[C@@H]2CO[C@@H](c3ccccc3)O[C@H]2[C@H](OCc2ccccc2)[C@H]1OCc1ccccc1)c1ccccc1C(=O)On1nnc2ccccc21. The standard InChI is InChI=1S/C67H61N3O13S/c71-63(51-35-19-20-36-52(51)64(72)83-70-54-38-22-21-37-53(54)68-69-70)77-43-56-58(60(74-40-46-25-9-2-10-26-46)62(76-42-48-29-13-4-14-30-48)67(80-56)84-50-33-17-6-18-34-50)82-66-61(75-41-47-27-11-3-12-28-47)59(73-39-45-23-7-1-8-24-45)57-55(79-66)44-78-65(81-57)49-31-15-5-16-32-49/h1-38,55-62,65-67H,39-44H2/t55-,56-,57-,58-,59+,60+,61-,62-,65-,66-,67+/m1/s1. The maximum absolute atomic E-state index is 14.7. The Morgan fingerprint density at radius 2 is 1.00 bits per heavy atom. The van der Waals surface area contributed by atoms with E-state index in [0.717, 1.165) is 37.6 Å². The molecule has 3 fully saturated rings. The highest BCUT2D eigenvalue weighted by molar-refractivity contribution is 7.99. The van der Waals surface area contributed by atoms with Gasteiger partial charge in [0.2, 0.25) is 0 Å². The number of ether oxygens (including phenoxy) is 10. The van der Waals surface area contributed by atoms with Crippen LogP contribution in [0.1, 0.15) is 54.8 Å². The number of esters is 1. The summed E-state index contributed by atoms with van der Waals surface area (Å²) in [6.07, 6.45) is -9.17. The van der Waals surface area contributed by atoms with Crippen LogP contribution in [0.2, 0.25) is 0 Å². The lowest BCUT2D eigenvalue weighted by molar-refractivity contribution is -0.388. The predicted molar refractivity (Wildman–Crippen MR) is 310 cm³/mol. The zero-order valence-corrected chi connectivity index (χ0v) is 46.4. The van der Waals surface area contributed by atoms with Gasteiger partial charge in [-0.3, -0.25) is 0 Å². The van der Waals surface area contributed by atoms with Crippen LogP contribution in [0.5, 0.6) is 0 Å². The number of carbonyl (C=O) groups excluding carboxylic acids is 2. The summed E-state index contributed by atoms with van der Waals surface area (Å²) < 4.78 is 69.8. The molecule has 1 aromatic heterocycles. The first-order chi connectivity index (χ1) is 41.5. The summed E-state index contributed by atoms with van der Waals surface area (Å²) in [6.45, 7) is 0.409. The Kier molecular flexibility index (Phi) is 18.6. The van der Waals surface area contributed by atoms with Crippen LogP contribution in [0, 0.1) is 0 Å². The van der Waals surface area contributed by atoms with Crippen LogP contribution in [0.3, 0.4) is 0 Å². The Balaban J connectivity index is 0.925. The van der Waals surface area contributed by atoms with Crippen molar-refractivity contribution in [3.05, 3.63) is 269 Å². The molecule has 0 bridgehead atoms. The van der Waals surface area contributed by atoms with Crippen molar-refractivity contribution >= 4 is 34.7 Å². The molecule has 4 heterocycles. The molecule has 11 atom stereocenters. The Hall–Kier alpha value is -7.91. The van der Waals surface area contributed by atoms with Crippen molar-refractivity contribution in [3.8, 4) is 0 Å². The lowest BCUT2D eigenvalue weighted by atomic mass is 9.95. The number of thioether (sulfide) groups is 1. The van der Waals surface area contributed by atoms with Gasteiger partial charge in [-0.25, -0.2) is 9.59 Å². The first-order valence-corrected chi connectivity index (χ1v) is 28.8. The van der Waals surface area contributed by atoms with Gasteiger partial charge in [0, 0.05) is 10.5 Å². The van der Waals surface area contributed by atoms with Gasteiger partial charge in [-0.2, -0.15) is 0 Å². The van der Waals surface area contributed by atoms with Gasteiger partial charge in [0.25, 0.3) is 0 Å². The number of hydrogen-bond donors (Lipinski definition) is 0. The van der Waals surface area contributed by atoms with Crippen LogP contribution in [0.4, 0.5) is 0 Å². The molecule has 0 saturated carbocycles. The molecule has 0 unspecified atom stereocenters. The quantitative estimate of drug-likeness (QED) is 0.0464. The predicted octanol–water partition coefficient (Wildman–Crippen LogP) is 10.9. The van der Waals surface area contributed by atoms with E-state index in [9.17, 15) is 9.59 Å². The third-order valence-corrected chi connectivity index (χ3v) is 15.8. The molecule has 9 aromatic rings. The van der Waals surface area contributed by atoms with E-state index in [2.05, 4.69) is 10.3 Å². The lowest BCUT2D eigenvalue weighted by Crippen LogP contribution is -2.67. The number of carbonyl (C=O) groups is 2. The molecule has 17 heteroatoms. The maximum Gasteiger partial charge on any atom is 0.366 e. The number of nitrogens with zero attached hydrogens (tertiary/aromatic N) is 3. The smallest absolute Gasteiger partial charge is 0.366 e. The Bertz CT molecular complexity index is 3520. The summed E-state index contributed by atoms with van der Waals surface area (Å²) in [6, 6.07) is 72.2. The number of fused-ring (bicyclic) bond motifs is 2. The van der Waals surface area contributed by atoms with E-state index < -0.39 is 85.4 Å². The van der Waals surface area contributed by atoms with Crippen molar-refractivity contribution in [2.75, 3.05) is 13.2 Å². The van der Waals surface area contributed by atoms with Gasteiger partial charge in [-0.05, 0) is 63.9 Å². The van der Waals surface area contributed by atoms with E-state index in [1.165, 1.54) is 23.9 Å².